The van der Waals surface area contributed by atoms with E-state index in [0.29, 0.717) is 10.6 Å². The van der Waals surface area contributed by atoms with Crippen molar-refractivity contribution in [3.05, 3.63) is 45.8 Å². The van der Waals surface area contributed by atoms with E-state index in [2.05, 4.69) is 22.3 Å². The second kappa shape index (κ2) is 7.95. The fourth-order valence-corrected chi connectivity index (χ4v) is 5.35. The number of hydrogen-bond donors (Lipinski definition) is 1. The van der Waals surface area contributed by atoms with Gasteiger partial charge in [0.2, 0.25) is 5.91 Å². The van der Waals surface area contributed by atoms with Gasteiger partial charge in [0, 0.05) is 17.1 Å². The summed E-state index contributed by atoms with van der Waals surface area (Å²) in [5, 5.41) is 3.66. The summed E-state index contributed by atoms with van der Waals surface area (Å²) in [5.41, 5.74) is 4.05. The van der Waals surface area contributed by atoms with E-state index < -0.39 is 0 Å². The first-order valence-corrected chi connectivity index (χ1v) is 10.8. The van der Waals surface area contributed by atoms with Crippen LogP contribution in [-0.2, 0) is 28.8 Å². The van der Waals surface area contributed by atoms with Crippen LogP contribution in [0.15, 0.2) is 24.3 Å². The van der Waals surface area contributed by atoms with E-state index >= 15 is 0 Å². The number of amides is 1. The Bertz CT molecular complexity index is 903. The van der Waals surface area contributed by atoms with Crippen molar-refractivity contribution in [1.82, 2.24) is 0 Å². The van der Waals surface area contributed by atoms with Crippen molar-refractivity contribution < 1.29 is 14.3 Å². The molecule has 0 saturated carbocycles. The zero-order valence-electron chi connectivity index (χ0n) is 16.4. The minimum Gasteiger partial charge on any atom is -0.459 e. The normalized spacial score (nSPS) is 15.3. The molecular formula is C22H26N2O3S. The highest BCUT2D eigenvalue weighted by molar-refractivity contribution is 7.17. The van der Waals surface area contributed by atoms with Crippen LogP contribution in [0.5, 0.6) is 0 Å². The molecule has 1 aromatic carbocycles. The molecule has 0 bridgehead atoms. The van der Waals surface area contributed by atoms with E-state index in [0.717, 1.165) is 49.9 Å². The quantitative estimate of drug-likeness (QED) is 0.767. The molecule has 0 saturated heterocycles. The Morgan fingerprint density at radius 2 is 1.96 bits per heavy atom. The van der Waals surface area contributed by atoms with Crippen LogP contribution in [-0.4, -0.2) is 31.1 Å². The number of ether oxygens (including phenoxy) is 1. The Morgan fingerprint density at radius 1 is 1.18 bits per heavy atom. The molecule has 2 aromatic rings. The van der Waals surface area contributed by atoms with Crippen LogP contribution in [0.25, 0.3) is 0 Å². The molecule has 1 aromatic heterocycles. The van der Waals surface area contributed by atoms with Crippen molar-refractivity contribution in [3.8, 4) is 0 Å². The lowest BCUT2D eigenvalue weighted by molar-refractivity contribution is -0.114. The first kappa shape index (κ1) is 19.0. The Labute approximate surface area is 169 Å². The lowest BCUT2D eigenvalue weighted by Crippen LogP contribution is -2.32. The van der Waals surface area contributed by atoms with E-state index in [1.807, 2.05) is 26.0 Å². The van der Waals surface area contributed by atoms with Gasteiger partial charge in [0.05, 0.1) is 18.2 Å². The van der Waals surface area contributed by atoms with Gasteiger partial charge in [-0.2, -0.15) is 0 Å². The highest BCUT2D eigenvalue weighted by atomic mass is 32.1. The SMILES string of the molecule is CC(C)OC(=O)c1c(NC(=O)CN2CCc3ccccc32)sc2c1CCCC2. The summed E-state index contributed by atoms with van der Waals surface area (Å²) >= 11 is 1.54. The zero-order valence-corrected chi connectivity index (χ0v) is 17.2. The first-order valence-electron chi connectivity index (χ1n) is 10.0. The van der Waals surface area contributed by atoms with Gasteiger partial charge in [-0.15, -0.1) is 11.3 Å². The average Bonchev–Trinajstić information content (AvgIpc) is 3.22. The van der Waals surface area contributed by atoms with Gasteiger partial charge in [0.15, 0.2) is 0 Å². The molecule has 2 aliphatic rings. The predicted molar refractivity (Wildman–Crippen MR) is 113 cm³/mol. The Morgan fingerprint density at radius 3 is 2.79 bits per heavy atom. The molecule has 0 spiro atoms. The number of nitrogens with zero attached hydrogens (tertiary/aromatic N) is 1. The summed E-state index contributed by atoms with van der Waals surface area (Å²) < 4.78 is 5.47. The van der Waals surface area contributed by atoms with Gasteiger partial charge in [-0.1, -0.05) is 18.2 Å². The second-order valence-corrected chi connectivity index (χ2v) is 8.82. The van der Waals surface area contributed by atoms with Crippen molar-refractivity contribution in [2.24, 2.45) is 0 Å². The maximum Gasteiger partial charge on any atom is 0.341 e. The van der Waals surface area contributed by atoms with Gasteiger partial charge < -0.3 is 15.0 Å². The molecule has 1 N–H and O–H groups in total. The third-order valence-corrected chi connectivity index (χ3v) is 6.50. The standard InChI is InChI=1S/C22H26N2O3S/c1-14(2)27-22(26)20-16-8-4-6-10-18(16)28-21(20)23-19(25)13-24-12-11-15-7-3-5-9-17(15)24/h3,5,7,9,14H,4,6,8,10-13H2,1-2H3,(H,23,25). The smallest absolute Gasteiger partial charge is 0.341 e. The van der Waals surface area contributed by atoms with Crippen LogP contribution >= 0.6 is 11.3 Å². The minimum atomic E-state index is -0.323. The molecule has 6 heteroatoms. The zero-order chi connectivity index (χ0) is 19.7. The Hall–Kier alpha value is -2.34. The van der Waals surface area contributed by atoms with Gasteiger partial charge in [0.25, 0.3) is 0 Å². The molecule has 0 atom stereocenters. The molecular weight excluding hydrogens is 372 g/mol. The third-order valence-electron chi connectivity index (χ3n) is 5.29. The molecule has 4 rings (SSSR count). The number of thiophene rings is 1. The summed E-state index contributed by atoms with van der Waals surface area (Å²) in [6, 6.07) is 8.21. The summed E-state index contributed by atoms with van der Waals surface area (Å²) in [4.78, 5) is 28.8. The predicted octanol–water partition coefficient (Wildman–Crippen LogP) is 4.19. The average molecular weight is 399 g/mol. The number of fused-ring (bicyclic) bond motifs is 2. The van der Waals surface area contributed by atoms with Crippen LogP contribution < -0.4 is 10.2 Å². The molecule has 148 valence electrons. The minimum absolute atomic E-state index is 0.0890. The number of para-hydroxylation sites is 1. The van der Waals surface area contributed by atoms with Gasteiger partial charge in [-0.3, -0.25) is 4.79 Å². The number of benzene rings is 1. The van der Waals surface area contributed by atoms with Crippen molar-refractivity contribution in [1.29, 1.82) is 0 Å². The number of anilines is 2. The van der Waals surface area contributed by atoms with Crippen LogP contribution in [0.2, 0.25) is 0 Å². The number of carbonyl (C=O) groups excluding carboxylic acids is 2. The van der Waals surface area contributed by atoms with E-state index in [4.69, 9.17) is 4.74 Å². The van der Waals surface area contributed by atoms with Gasteiger partial charge in [-0.05, 0) is 63.1 Å². The first-order chi connectivity index (χ1) is 13.5. The largest absolute Gasteiger partial charge is 0.459 e. The molecule has 0 unspecified atom stereocenters. The summed E-state index contributed by atoms with van der Waals surface area (Å²) in [6.45, 7) is 4.83. The molecule has 5 nitrogen and oxygen atoms in total. The lowest BCUT2D eigenvalue weighted by atomic mass is 9.95. The maximum atomic E-state index is 12.8. The molecule has 0 fully saturated rings. The monoisotopic (exact) mass is 398 g/mol. The van der Waals surface area contributed by atoms with Gasteiger partial charge >= 0.3 is 5.97 Å². The summed E-state index contributed by atoms with van der Waals surface area (Å²) in [6.07, 6.45) is 4.83. The van der Waals surface area contributed by atoms with E-state index in [1.54, 1.807) is 0 Å². The van der Waals surface area contributed by atoms with Crippen LogP contribution in [0.1, 0.15) is 53.1 Å². The lowest BCUT2D eigenvalue weighted by Gasteiger charge is -2.19. The topological polar surface area (TPSA) is 58.6 Å². The van der Waals surface area contributed by atoms with Crippen molar-refractivity contribution in [2.75, 3.05) is 23.3 Å². The van der Waals surface area contributed by atoms with Gasteiger partial charge in [0.1, 0.15) is 5.00 Å². The molecule has 1 aliphatic heterocycles. The fraction of sp³-hybridized carbons (Fsp3) is 0.455. The number of esters is 1. The van der Waals surface area contributed by atoms with Crippen LogP contribution in [0, 0.1) is 0 Å². The highest BCUT2D eigenvalue weighted by Crippen LogP contribution is 2.39. The number of rotatable bonds is 5. The number of aryl methyl sites for hydroxylation is 1. The molecule has 2 heterocycles. The summed E-state index contributed by atoms with van der Waals surface area (Å²) in [7, 11) is 0. The van der Waals surface area contributed by atoms with Crippen LogP contribution in [0.3, 0.4) is 0 Å². The second-order valence-electron chi connectivity index (χ2n) is 7.72. The Kier molecular flexibility index (Phi) is 5.40. The Balaban J connectivity index is 1.53. The molecule has 1 amide bonds. The van der Waals surface area contributed by atoms with E-state index in [1.165, 1.54) is 21.8 Å². The van der Waals surface area contributed by atoms with Crippen LogP contribution in [0.4, 0.5) is 10.7 Å². The van der Waals surface area contributed by atoms with Crippen molar-refractivity contribution in [2.45, 2.75) is 52.1 Å². The molecule has 0 radical (unpaired) electrons. The van der Waals surface area contributed by atoms with Crippen molar-refractivity contribution in [3.63, 3.8) is 0 Å². The molecule has 1 aliphatic carbocycles. The highest BCUT2D eigenvalue weighted by Gasteiger charge is 2.28. The van der Waals surface area contributed by atoms with Crippen molar-refractivity contribution >= 4 is 33.9 Å². The third kappa shape index (κ3) is 3.78. The summed E-state index contributed by atoms with van der Waals surface area (Å²) in [5.74, 6) is -0.412. The molecule has 28 heavy (non-hydrogen) atoms. The van der Waals surface area contributed by atoms with E-state index in [-0.39, 0.29) is 24.5 Å². The number of nitrogens with one attached hydrogen (secondary N) is 1. The number of carbonyl (C=O) groups is 2. The van der Waals surface area contributed by atoms with Gasteiger partial charge in [-0.25, -0.2) is 4.79 Å². The van der Waals surface area contributed by atoms with E-state index in [9.17, 15) is 9.59 Å². The maximum absolute atomic E-state index is 12.8. The fourth-order valence-electron chi connectivity index (χ4n) is 4.05. The number of hydrogen-bond acceptors (Lipinski definition) is 5.